The van der Waals surface area contributed by atoms with Crippen molar-refractivity contribution in [3.05, 3.63) is 61.2 Å². The zero-order valence-electron chi connectivity index (χ0n) is 29.1. The second-order valence-corrected chi connectivity index (χ2v) is 25.1. The van der Waals surface area contributed by atoms with Crippen molar-refractivity contribution >= 4 is 22.6 Å². The van der Waals surface area contributed by atoms with Crippen LogP contribution in [-0.4, -0.2) is 39.6 Å². The predicted octanol–water partition coefficient (Wildman–Crippen LogP) is 10.3. The molecule has 1 aliphatic rings. The van der Waals surface area contributed by atoms with Crippen molar-refractivity contribution in [2.45, 2.75) is 147 Å². The summed E-state index contributed by atoms with van der Waals surface area (Å²) in [5, 5.41) is 0.0234. The fourth-order valence-corrected chi connectivity index (χ4v) is 8.43. The number of hydrogen-bond donors (Lipinski definition) is 1. The largest absolute Gasteiger partial charge is 0.462 e. The molecule has 0 spiro atoms. The van der Waals surface area contributed by atoms with Crippen LogP contribution >= 0.6 is 0 Å². The molecule has 244 valence electrons. The topological polar surface area (TPSA) is 55.8 Å². The van der Waals surface area contributed by atoms with E-state index in [1.54, 1.807) is 0 Å². The van der Waals surface area contributed by atoms with Crippen molar-refractivity contribution in [1.29, 1.82) is 0 Å². The third-order valence-electron chi connectivity index (χ3n) is 10.8. The molecule has 0 bridgehead atoms. The average molecular weight is 629 g/mol. The number of aryl methyl sites for hydroxylation is 1. The Bertz CT molecular complexity index is 1010. The van der Waals surface area contributed by atoms with Crippen LogP contribution in [-0.2, 0) is 20.4 Å². The Morgan fingerprint density at radius 3 is 2.21 bits per heavy atom. The van der Waals surface area contributed by atoms with Gasteiger partial charge in [0.1, 0.15) is 6.10 Å². The van der Waals surface area contributed by atoms with Gasteiger partial charge in [0.25, 0.3) is 0 Å². The molecule has 5 atom stereocenters. The Kier molecular flexibility index (Phi) is 14.2. The summed E-state index contributed by atoms with van der Waals surface area (Å²) in [5.74, 6) is 0.902. The number of carbonyl (C=O) groups is 1. The summed E-state index contributed by atoms with van der Waals surface area (Å²) in [6.45, 7) is 28.1. The zero-order chi connectivity index (χ0) is 32.5. The second kappa shape index (κ2) is 16.2. The van der Waals surface area contributed by atoms with Crippen LogP contribution in [0.25, 0.3) is 0 Å². The molecule has 2 rings (SSSR count). The molecular weight excluding hydrogens is 565 g/mol. The van der Waals surface area contributed by atoms with Gasteiger partial charge in [-0.25, -0.2) is 0 Å². The van der Waals surface area contributed by atoms with Gasteiger partial charge in [0.2, 0.25) is 0 Å². The van der Waals surface area contributed by atoms with Crippen LogP contribution < -0.4 is 0 Å². The Labute approximate surface area is 267 Å². The molecule has 0 radical (unpaired) electrons. The van der Waals surface area contributed by atoms with Gasteiger partial charge in [-0.15, -0.1) is 13.2 Å². The van der Waals surface area contributed by atoms with Crippen molar-refractivity contribution in [3.63, 3.8) is 0 Å². The molecule has 0 heterocycles. The van der Waals surface area contributed by atoms with Gasteiger partial charge in [0.15, 0.2) is 16.6 Å². The summed E-state index contributed by atoms with van der Waals surface area (Å²) in [6, 6.07) is 10.8. The Morgan fingerprint density at radius 2 is 1.65 bits per heavy atom. The monoisotopic (exact) mass is 628 g/mol. The predicted molar refractivity (Wildman–Crippen MR) is 188 cm³/mol. The van der Waals surface area contributed by atoms with E-state index in [4.69, 9.17) is 9.16 Å². The average Bonchev–Trinajstić information content (AvgIpc) is 3.19. The van der Waals surface area contributed by atoms with Crippen LogP contribution in [0.4, 0.5) is 0 Å². The summed E-state index contributed by atoms with van der Waals surface area (Å²) < 4.78 is 13.4. The summed E-state index contributed by atoms with van der Waals surface area (Å²) in [5.41, 5.74) is 1.37. The van der Waals surface area contributed by atoms with Gasteiger partial charge in [-0.2, -0.15) is 0 Å². The van der Waals surface area contributed by atoms with E-state index in [9.17, 15) is 9.59 Å². The Morgan fingerprint density at radius 1 is 1.00 bits per heavy atom. The molecule has 1 saturated carbocycles. The van der Waals surface area contributed by atoms with Crippen LogP contribution in [0.15, 0.2) is 55.6 Å². The van der Waals surface area contributed by atoms with E-state index in [1.165, 1.54) is 5.56 Å². The molecule has 0 aliphatic heterocycles. The van der Waals surface area contributed by atoms with Gasteiger partial charge >= 0.3 is 5.97 Å². The van der Waals surface area contributed by atoms with E-state index in [2.05, 4.69) is 104 Å². The second-order valence-electron chi connectivity index (χ2n) is 15.8. The first-order chi connectivity index (χ1) is 19.9. The Hall–Kier alpha value is -1.48. The lowest BCUT2D eigenvalue weighted by atomic mass is 9.81. The van der Waals surface area contributed by atoms with E-state index in [0.717, 1.165) is 57.8 Å². The fourth-order valence-electron chi connectivity index (χ4n) is 6.26. The molecule has 0 unspecified atom stereocenters. The molecule has 0 amide bonds. The molecule has 0 saturated heterocycles. The smallest absolute Gasteiger partial charge is 0.306 e. The molecule has 1 aromatic carbocycles. The quantitative estimate of drug-likeness (QED) is 0.0761. The minimum absolute atomic E-state index is 0.0725. The van der Waals surface area contributed by atoms with Crippen molar-refractivity contribution in [1.82, 2.24) is 0 Å². The van der Waals surface area contributed by atoms with Crippen molar-refractivity contribution in [2.75, 3.05) is 0 Å². The first-order valence-corrected chi connectivity index (χ1v) is 22.6. The third kappa shape index (κ3) is 11.4. The van der Waals surface area contributed by atoms with E-state index in [0.29, 0.717) is 18.3 Å². The van der Waals surface area contributed by atoms with E-state index >= 15 is 0 Å². The molecule has 1 aliphatic carbocycles. The van der Waals surface area contributed by atoms with Gasteiger partial charge < -0.3 is 14.0 Å². The van der Waals surface area contributed by atoms with Gasteiger partial charge in [-0.05, 0) is 98.6 Å². The normalized spacial score (nSPS) is 22.3. The summed E-state index contributed by atoms with van der Waals surface area (Å²) in [4.78, 5) is 24.1. The molecular formula is C37H64O4Si2. The molecule has 6 heteroatoms. The SMILES string of the molecule is C=CCCCC(=O)O[C@H]1C[C@@H](O[Si](C)(C)C(C)(C)C)[C@H](CC[C@H](CCc2ccccc2)CC(C)(C)[Si](C)(C)O)[C@H]1CC=C. The van der Waals surface area contributed by atoms with Gasteiger partial charge in [0, 0.05) is 18.8 Å². The summed E-state index contributed by atoms with van der Waals surface area (Å²) >= 11 is 0. The van der Waals surface area contributed by atoms with E-state index < -0.39 is 16.6 Å². The van der Waals surface area contributed by atoms with E-state index in [1.807, 2.05) is 12.2 Å². The number of hydrogen-bond acceptors (Lipinski definition) is 4. The third-order valence-corrected chi connectivity index (χ3v) is 18.8. The highest BCUT2D eigenvalue weighted by Crippen LogP contribution is 2.48. The van der Waals surface area contributed by atoms with Gasteiger partial charge in [0.05, 0.1) is 6.10 Å². The number of ether oxygens (including phenoxy) is 1. The number of carbonyl (C=O) groups excluding carboxylic acids is 1. The lowest BCUT2D eigenvalue weighted by Crippen LogP contribution is -2.45. The first kappa shape index (κ1) is 37.7. The van der Waals surface area contributed by atoms with Crippen LogP contribution in [0.2, 0.25) is 36.3 Å². The summed E-state index contributed by atoms with van der Waals surface area (Å²) in [7, 11) is -4.39. The van der Waals surface area contributed by atoms with Crippen LogP contribution in [0, 0.1) is 17.8 Å². The zero-order valence-corrected chi connectivity index (χ0v) is 31.1. The van der Waals surface area contributed by atoms with Crippen LogP contribution in [0.3, 0.4) is 0 Å². The maximum absolute atomic E-state index is 12.9. The highest BCUT2D eigenvalue weighted by molar-refractivity contribution is 6.74. The fraction of sp³-hybridized carbons (Fsp3) is 0.703. The molecule has 1 N–H and O–H groups in total. The van der Waals surface area contributed by atoms with Gasteiger partial charge in [-0.3, -0.25) is 4.79 Å². The van der Waals surface area contributed by atoms with Crippen LogP contribution in [0.1, 0.15) is 98.0 Å². The minimum atomic E-state index is -2.35. The van der Waals surface area contributed by atoms with Crippen molar-refractivity contribution in [2.24, 2.45) is 17.8 Å². The van der Waals surface area contributed by atoms with E-state index in [-0.39, 0.29) is 34.2 Å². The maximum atomic E-state index is 12.9. The first-order valence-electron chi connectivity index (χ1n) is 16.8. The number of rotatable bonds is 18. The summed E-state index contributed by atoms with van der Waals surface area (Å²) in [6.07, 6.45) is 12.7. The maximum Gasteiger partial charge on any atom is 0.306 e. The number of esters is 1. The Balaban J connectivity index is 2.33. The standard InChI is InChI=1S/C37H64O4Si2/c1-12-14-16-22-35(38)40-33-27-34(41-43(10,11)36(3,4)5)32(31(33)19-13-2)26-25-30(28-37(6,7)42(8,9)39)24-23-29-20-17-15-18-21-29/h12-13,15,17-18,20-21,30-34,39H,1-2,14,16,19,22-28H2,3-11H3/t30-,31+,32+,33-,34+/m0/s1. The lowest BCUT2D eigenvalue weighted by Gasteiger charge is -2.41. The molecule has 0 aromatic heterocycles. The molecule has 1 fully saturated rings. The number of unbranched alkanes of at least 4 members (excludes halogenated alkanes) is 1. The minimum Gasteiger partial charge on any atom is -0.462 e. The van der Waals surface area contributed by atoms with Gasteiger partial charge in [-0.1, -0.05) is 83.5 Å². The highest BCUT2D eigenvalue weighted by Gasteiger charge is 2.49. The lowest BCUT2D eigenvalue weighted by molar-refractivity contribution is -0.151. The number of benzene rings is 1. The van der Waals surface area contributed by atoms with Crippen molar-refractivity contribution < 1.29 is 18.8 Å². The molecule has 1 aromatic rings. The van der Waals surface area contributed by atoms with Crippen LogP contribution in [0.5, 0.6) is 0 Å². The number of allylic oxidation sites excluding steroid dienone is 2. The molecule has 4 nitrogen and oxygen atoms in total. The highest BCUT2D eigenvalue weighted by atomic mass is 28.4. The molecule has 43 heavy (non-hydrogen) atoms. The van der Waals surface area contributed by atoms with Crippen molar-refractivity contribution in [3.8, 4) is 0 Å².